The van der Waals surface area contributed by atoms with Crippen molar-refractivity contribution in [2.75, 3.05) is 52.1 Å². The van der Waals surface area contributed by atoms with Gasteiger partial charge in [-0.05, 0) is 23.8 Å². The predicted molar refractivity (Wildman–Crippen MR) is 126 cm³/mol. The molecule has 2 aliphatic heterocycles. The topological polar surface area (TPSA) is 94.6 Å². The first kappa shape index (κ1) is 23.9. The van der Waals surface area contributed by atoms with E-state index in [0.717, 1.165) is 0 Å². The van der Waals surface area contributed by atoms with E-state index in [2.05, 4.69) is 25.7 Å². The molecular formula is C23H24F4N8O2. The number of fused-ring (bicyclic) bond motifs is 2. The Morgan fingerprint density at radius 2 is 2.03 bits per heavy atom. The number of benzene rings is 1. The fourth-order valence-electron chi connectivity index (χ4n) is 4.81. The van der Waals surface area contributed by atoms with E-state index in [1.54, 1.807) is 35.4 Å². The second-order valence-corrected chi connectivity index (χ2v) is 9.25. The van der Waals surface area contributed by atoms with Crippen LogP contribution in [0.3, 0.4) is 0 Å². The summed E-state index contributed by atoms with van der Waals surface area (Å²) in [6, 6.07) is 4.76. The minimum atomic E-state index is -2.97. The normalized spacial score (nSPS) is 20.2. The van der Waals surface area contributed by atoms with Crippen molar-refractivity contribution in [3.8, 4) is 17.0 Å². The van der Waals surface area contributed by atoms with Gasteiger partial charge in [-0.15, -0.1) is 10.2 Å². The van der Waals surface area contributed by atoms with Crippen LogP contribution >= 0.6 is 0 Å². The van der Waals surface area contributed by atoms with Crippen molar-refractivity contribution in [2.24, 2.45) is 0 Å². The Morgan fingerprint density at radius 3 is 2.73 bits per heavy atom. The Hall–Kier alpha value is -3.52. The Labute approximate surface area is 208 Å². The molecule has 10 nitrogen and oxygen atoms in total. The molecule has 14 heteroatoms. The molecule has 1 N–H and O–H groups in total. The van der Waals surface area contributed by atoms with Crippen LogP contribution in [0.25, 0.3) is 27.7 Å². The number of halogens is 4. The summed E-state index contributed by atoms with van der Waals surface area (Å²) in [5, 5.41) is 15.1. The molecule has 1 atom stereocenters. The van der Waals surface area contributed by atoms with Crippen LogP contribution in [-0.2, 0) is 4.74 Å². The van der Waals surface area contributed by atoms with Gasteiger partial charge in [0.2, 0.25) is 11.8 Å². The summed E-state index contributed by atoms with van der Waals surface area (Å²) in [7, 11) is 1.43. The van der Waals surface area contributed by atoms with Gasteiger partial charge in [0.1, 0.15) is 36.5 Å². The molecule has 5 heterocycles. The van der Waals surface area contributed by atoms with Crippen molar-refractivity contribution in [3.63, 3.8) is 0 Å². The van der Waals surface area contributed by atoms with E-state index in [1.807, 2.05) is 0 Å². The van der Waals surface area contributed by atoms with Gasteiger partial charge in [0.25, 0.3) is 5.92 Å². The van der Waals surface area contributed by atoms with Gasteiger partial charge in [-0.1, -0.05) is 11.3 Å². The number of nitrogens with zero attached hydrogens (tertiary/aromatic N) is 7. The first-order valence-corrected chi connectivity index (χ1v) is 11.8. The smallest absolute Gasteiger partial charge is 0.281 e. The Bertz CT molecular complexity index is 1440. The van der Waals surface area contributed by atoms with Gasteiger partial charge in [-0.2, -0.15) is 4.98 Å². The number of anilines is 1. The number of rotatable bonds is 8. The second-order valence-electron chi connectivity index (χ2n) is 9.25. The van der Waals surface area contributed by atoms with E-state index in [9.17, 15) is 17.6 Å². The van der Waals surface area contributed by atoms with Crippen molar-refractivity contribution in [3.05, 3.63) is 30.5 Å². The van der Waals surface area contributed by atoms with Gasteiger partial charge in [0.05, 0.1) is 38.4 Å². The Morgan fingerprint density at radius 1 is 1.22 bits per heavy atom. The number of aromatic nitrogens is 6. The number of alkyl halides is 4. The zero-order chi connectivity index (χ0) is 25.7. The van der Waals surface area contributed by atoms with Crippen LogP contribution in [0.4, 0.5) is 23.5 Å². The van der Waals surface area contributed by atoms with E-state index in [-0.39, 0.29) is 31.0 Å². The van der Waals surface area contributed by atoms with E-state index >= 15 is 0 Å². The minimum Gasteiger partial charge on any atom is -0.479 e. The average Bonchev–Trinajstić information content (AvgIpc) is 3.54. The molecule has 6 rings (SSSR count). The lowest BCUT2D eigenvalue weighted by Gasteiger charge is -2.34. The zero-order valence-electron chi connectivity index (χ0n) is 19.8. The highest BCUT2D eigenvalue weighted by Gasteiger charge is 2.51. The van der Waals surface area contributed by atoms with Crippen molar-refractivity contribution in [1.29, 1.82) is 0 Å². The molecule has 2 saturated heterocycles. The lowest BCUT2D eigenvalue weighted by molar-refractivity contribution is -0.0711. The van der Waals surface area contributed by atoms with Crippen molar-refractivity contribution < 1.29 is 27.0 Å². The first-order chi connectivity index (χ1) is 17.9. The number of hydrogen-bond donors (Lipinski definition) is 1. The Balaban J connectivity index is 1.34. The fraction of sp³-hybridized carbons (Fsp3) is 0.478. The minimum absolute atomic E-state index is 0.00320. The van der Waals surface area contributed by atoms with Crippen LogP contribution in [0.15, 0.2) is 30.5 Å². The Kier molecular flexibility index (Phi) is 5.87. The summed E-state index contributed by atoms with van der Waals surface area (Å²) in [6.07, 6.45) is 1.66. The van der Waals surface area contributed by atoms with Gasteiger partial charge >= 0.3 is 0 Å². The number of methoxy groups -OCH3 is 1. The standard InChI is InChI=1S/C23H24F4N8O2/c1-36-21-20-16(13-2-3-17-18(6-13)35(32-30-17)14(7-24)8-25)4-5-34(20)31-22(29-21)28-19-9-33(12-23(19,26)27)15-10-37-11-15/h2-6,14-15,19H,7-12H2,1H3,(H,28,31). The molecule has 1 aromatic carbocycles. The first-order valence-electron chi connectivity index (χ1n) is 11.8. The van der Waals surface area contributed by atoms with E-state index in [4.69, 9.17) is 9.47 Å². The van der Waals surface area contributed by atoms with Crippen molar-refractivity contribution >= 4 is 22.5 Å². The molecule has 2 fully saturated rings. The highest BCUT2D eigenvalue weighted by atomic mass is 19.3. The van der Waals surface area contributed by atoms with E-state index in [1.165, 1.54) is 16.3 Å². The summed E-state index contributed by atoms with van der Waals surface area (Å²) in [4.78, 5) is 6.08. The number of hydrogen-bond acceptors (Lipinski definition) is 8. The van der Waals surface area contributed by atoms with Gasteiger partial charge in [-0.3, -0.25) is 4.90 Å². The molecule has 0 aliphatic carbocycles. The third-order valence-electron chi connectivity index (χ3n) is 6.94. The molecule has 37 heavy (non-hydrogen) atoms. The van der Waals surface area contributed by atoms with Crippen LogP contribution in [-0.4, -0.2) is 99.3 Å². The maximum absolute atomic E-state index is 14.7. The molecule has 0 saturated carbocycles. The molecule has 0 amide bonds. The van der Waals surface area contributed by atoms with Gasteiger partial charge < -0.3 is 14.8 Å². The predicted octanol–water partition coefficient (Wildman–Crippen LogP) is 2.76. The molecule has 0 spiro atoms. The lowest BCUT2D eigenvalue weighted by atomic mass is 10.1. The van der Waals surface area contributed by atoms with Gasteiger partial charge in [-0.25, -0.2) is 26.8 Å². The molecular weight excluding hydrogens is 496 g/mol. The van der Waals surface area contributed by atoms with Crippen LogP contribution in [0, 0.1) is 0 Å². The van der Waals surface area contributed by atoms with Gasteiger partial charge in [0, 0.05) is 18.3 Å². The highest BCUT2D eigenvalue weighted by molar-refractivity contribution is 5.89. The average molecular weight is 520 g/mol. The van der Waals surface area contributed by atoms with Crippen LogP contribution in [0.1, 0.15) is 6.04 Å². The maximum atomic E-state index is 14.7. The van der Waals surface area contributed by atoms with E-state index in [0.29, 0.717) is 40.9 Å². The van der Waals surface area contributed by atoms with Gasteiger partial charge in [0.15, 0.2) is 0 Å². The van der Waals surface area contributed by atoms with Crippen molar-refractivity contribution in [1.82, 2.24) is 34.5 Å². The summed E-state index contributed by atoms with van der Waals surface area (Å²) in [5.74, 6) is -2.78. The maximum Gasteiger partial charge on any atom is 0.281 e. The molecule has 1 unspecified atom stereocenters. The summed E-state index contributed by atoms with van der Waals surface area (Å²) < 4.78 is 69.5. The monoisotopic (exact) mass is 520 g/mol. The van der Waals surface area contributed by atoms with Crippen LogP contribution in [0.5, 0.6) is 5.88 Å². The number of nitrogens with one attached hydrogen (secondary N) is 1. The molecule has 196 valence electrons. The third kappa shape index (κ3) is 4.03. The number of ether oxygens (including phenoxy) is 2. The molecule has 2 aliphatic rings. The second kappa shape index (κ2) is 9.10. The zero-order valence-corrected chi connectivity index (χ0v) is 19.8. The fourth-order valence-corrected chi connectivity index (χ4v) is 4.81. The summed E-state index contributed by atoms with van der Waals surface area (Å²) in [6.45, 7) is -1.14. The quantitative estimate of drug-likeness (QED) is 0.355. The molecule has 4 aromatic rings. The van der Waals surface area contributed by atoms with Crippen LogP contribution < -0.4 is 10.1 Å². The highest BCUT2D eigenvalue weighted by Crippen LogP contribution is 2.35. The summed E-state index contributed by atoms with van der Waals surface area (Å²) >= 11 is 0. The number of likely N-dealkylation sites (tertiary alicyclic amines) is 1. The molecule has 3 aromatic heterocycles. The third-order valence-corrected chi connectivity index (χ3v) is 6.94. The molecule has 0 radical (unpaired) electrons. The van der Waals surface area contributed by atoms with Crippen LogP contribution in [0.2, 0.25) is 0 Å². The molecule has 0 bridgehead atoms. The van der Waals surface area contributed by atoms with Crippen molar-refractivity contribution in [2.45, 2.75) is 24.0 Å². The van der Waals surface area contributed by atoms with E-state index < -0.39 is 31.4 Å². The largest absolute Gasteiger partial charge is 0.479 e. The summed E-state index contributed by atoms with van der Waals surface area (Å²) in [5.41, 5.74) is 2.84. The lowest BCUT2D eigenvalue weighted by Crippen LogP contribution is -2.48. The SMILES string of the molecule is COc1nc(NC2CN(C3COC3)CC2(F)F)nn2ccc(-c3ccc4nnn(C(CF)CF)c4c3)c12.